The number of hydrogen-bond donors (Lipinski definition) is 1. The molecular formula is C17H24N4S. The van der Waals surface area contributed by atoms with Crippen LogP contribution in [0.25, 0.3) is 10.2 Å². The number of aryl methyl sites for hydroxylation is 1. The molecule has 0 saturated carbocycles. The zero-order valence-electron chi connectivity index (χ0n) is 13.2. The molecule has 1 fully saturated rings. The highest BCUT2D eigenvalue weighted by Gasteiger charge is 2.16. The second-order valence-electron chi connectivity index (χ2n) is 6.09. The molecule has 22 heavy (non-hydrogen) atoms. The molecule has 2 heterocycles. The van der Waals surface area contributed by atoms with Crippen LogP contribution in [0.2, 0.25) is 0 Å². The zero-order valence-corrected chi connectivity index (χ0v) is 14.0. The van der Waals surface area contributed by atoms with E-state index < -0.39 is 0 Å². The van der Waals surface area contributed by atoms with Crippen molar-refractivity contribution in [1.82, 2.24) is 9.88 Å². The molecule has 2 aromatic rings. The summed E-state index contributed by atoms with van der Waals surface area (Å²) in [7, 11) is 0. The number of rotatable bonds is 4. The second kappa shape index (κ2) is 7.09. The lowest BCUT2D eigenvalue weighted by Gasteiger charge is -2.31. The van der Waals surface area contributed by atoms with Crippen LogP contribution in [0.1, 0.15) is 31.2 Å². The summed E-state index contributed by atoms with van der Waals surface area (Å²) in [5.41, 5.74) is 7.20. The Bertz CT molecular complexity index is 608. The summed E-state index contributed by atoms with van der Waals surface area (Å²) < 4.78 is 1.27. The van der Waals surface area contributed by atoms with Crippen molar-refractivity contribution in [1.29, 1.82) is 0 Å². The van der Waals surface area contributed by atoms with Crippen molar-refractivity contribution in [2.75, 3.05) is 19.6 Å². The highest BCUT2D eigenvalue weighted by atomic mass is 32.1. The fraction of sp³-hybridized carbons (Fsp3) is 0.529. The highest BCUT2D eigenvalue weighted by molar-refractivity contribution is 7.18. The number of piperidine rings is 1. The van der Waals surface area contributed by atoms with Gasteiger partial charge in [-0.25, -0.2) is 4.98 Å². The molecule has 0 atom stereocenters. The summed E-state index contributed by atoms with van der Waals surface area (Å²) in [6, 6.07) is 8.30. The van der Waals surface area contributed by atoms with E-state index in [9.17, 15) is 0 Å². The molecular weight excluding hydrogens is 292 g/mol. The molecule has 2 N–H and O–H groups in total. The third-order valence-corrected chi connectivity index (χ3v) is 5.36. The van der Waals surface area contributed by atoms with Gasteiger partial charge >= 0.3 is 0 Å². The minimum Gasteiger partial charge on any atom is -0.370 e. The molecule has 0 aliphatic carbocycles. The van der Waals surface area contributed by atoms with Gasteiger partial charge in [0.25, 0.3) is 0 Å². The summed E-state index contributed by atoms with van der Waals surface area (Å²) in [4.78, 5) is 11.4. The third-order valence-electron chi connectivity index (χ3n) is 4.27. The summed E-state index contributed by atoms with van der Waals surface area (Å²) in [6.45, 7) is 5.19. The van der Waals surface area contributed by atoms with E-state index in [1.54, 1.807) is 11.3 Å². The first kappa shape index (κ1) is 15.3. The van der Waals surface area contributed by atoms with Gasteiger partial charge in [-0.1, -0.05) is 19.1 Å². The van der Waals surface area contributed by atoms with Crippen LogP contribution in [0.15, 0.2) is 29.3 Å². The minimum absolute atomic E-state index is 0.719. The number of thiazole rings is 1. The maximum absolute atomic E-state index is 6.10. The van der Waals surface area contributed by atoms with Crippen molar-refractivity contribution in [2.24, 2.45) is 16.6 Å². The van der Waals surface area contributed by atoms with Crippen LogP contribution in [0, 0.1) is 5.92 Å². The third kappa shape index (κ3) is 3.77. The number of nitrogens with zero attached hydrogens (tertiary/aromatic N) is 3. The lowest BCUT2D eigenvalue weighted by Crippen LogP contribution is -2.42. The summed E-state index contributed by atoms with van der Waals surface area (Å²) in [5.74, 6) is 1.54. The van der Waals surface area contributed by atoms with Gasteiger partial charge in [0, 0.05) is 26.1 Å². The molecule has 1 saturated heterocycles. The van der Waals surface area contributed by atoms with Crippen molar-refractivity contribution in [3.8, 4) is 0 Å². The number of benzene rings is 1. The van der Waals surface area contributed by atoms with E-state index in [1.165, 1.54) is 22.5 Å². The second-order valence-corrected chi connectivity index (χ2v) is 7.20. The van der Waals surface area contributed by atoms with Crippen molar-refractivity contribution >= 4 is 27.5 Å². The lowest BCUT2D eigenvalue weighted by molar-refractivity contribution is 0.277. The first-order chi connectivity index (χ1) is 10.7. The molecule has 3 rings (SSSR count). The van der Waals surface area contributed by atoms with Gasteiger partial charge in [0.15, 0.2) is 5.96 Å². The van der Waals surface area contributed by atoms with E-state index in [0.717, 1.165) is 49.9 Å². The van der Waals surface area contributed by atoms with E-state index in [-0.39, 0.29) is 0 Å². The van der Waals surface area contributed by atoms with Crippen LogP contribution in [0.4, 0.5) is 0 Å². The number of likely N-dealkylation sites (tertiary alicyclic amines) is 1. The number of aromatic nitrogens is 1. The average molecular weight is 316 g/mol. The SMILES string of the molecule is CC1CCN(C(N)=NCCCc2nc3ccccc3s2)CC1. The van der Waals surface area contributed by atoms with Crippen LogP contribution in [0.3, 0.4) is 0 Å². The monoisotopic (exact) mass is 316 g/mol. The predicted molar refractivity (Wildman–Crippen MR) is 94.4 cm³/mol. The van der Waals surface area contributed by atoms with Gasteiger partial charge in [0.1, 0.15) is 0 Å². The van der Waals surface area contributed by atoms with Crippen molar-refractivity contribution in [3.63, 3.8) is 0 Å². The van der Waals surface area contributed by atoms with Gasteiger partial charge in [-0.05, 0) is 37.3 Å². The van der Waals surface area contributed by atoms with Gasteiger partial charge in [-0.2, -0.15) is 0 Å². The van der Waals surface area contributed by atoms with Gasteiger partial charge in [0.2, 0.25) is 0 Å². The fourth-order valence-corrected chi connectivity index (χ4v) is 3.80. The van der Waals surface area contributed by atoms with Crippen LogP contribution in [-0.4, -0.2) is 35.5 Å². The molecule has 1 aromatic heterocycles. The Labute approximate surface area is 136 Å². The zero-order chi connectivity index (χ0) is 15.4. The summed E-state index contributed by atoms with van der Waals surface area (Å²) >= 11 is 1.78. The molecule has 1 aliphatic heterocycles. The van der Waals surface area contributed by atoms with Gasteiger partial charge in [-0.15, -0.1) is 11.3 Å². The van der Waals surface area contributed by atoms with Crippen molar-refractivity contribution in [2.45, 2.75) is 32.6 Å². The quantitative estimate of drug-likeness (QED) is 0.535. The number of nitrogens with two attached hydrogens (primary N) is 1. The summed E-state index contributed by atoms with van der Waals surface area (Å²) in [5, 5.41) is 1.20. The Morgan fingerprint density at radius 2 is 2.14 bits per heavy atom. The Morgan fingerprint density at radius 3 is 2.91 bits per heavy atom. The summed E-state index contributed by atoms with van der Waals surface area (Å²) in [6.07, 6.45) is 4.43. The van der Waals surface area contributed by atoms with E-state index in [1.807, 2.05) is 6.07 Å². The largest absolute Gasteiger partial charge is 0.370 e. The van der Waals surface area contributed by atoms with Gasteiger partial charge in [0.05, 0.1) is 15.2 Å². The maximum atomic E-state index is 6.10. The predicted octanol–water partition coefficient (Wildman–Crippen LogP) is 3.28. The standard InChI is InChI=1S/C17H24N4S/c1-13-8-11-21(12-9-13)17(18)19-10-4-7-16-20-14-5-2-3-6-15(14)22-16/h2-3,5-6,13H,4,7-12H2,1H3,(H2,18,19). The maximum Gasteiger partial charge on any atom is 0.191 e. The Balaban J connectivity index is 1.47. The normalized spacial score (nSPS) is 17.3. The van der Waals surface area contributed by atoms with Crippen LogP contribution < -0.4 is 5.73 Å². The number of aliphatic imine (C=N–C) groups is 1. The molecule has 4 nitrogen and oxygen atoms in total. The van der Waals surface area contributed by atoms with Crippen LogP contribution >= 0.6 is 11.3 Å². The van der Waals surface area contributed by atoms with Gasteiger partial charge < -0.3 is 10.6 Å². The smallest absolute Gasteiger partial charge is 0.191 e. The van der Waals surface area contributed by atoms with E-state index >= 15 is 0 Å². The Morgan fingerprint density at radius 1 is 1.36 bits per heavy atom. The number of para-hydroxylation sites is 1. The molecule has 0 unspecified atom stereocenters. The van der Waals surface area contributed by atoms with E-state index in [2.05, 4.69) is 40.0 Å². The first-order valence-corrected chi connectivity index (χ1v) is 8.93. The van der Waals surface area contributed by atoms with Crippen molar-refractivity contribution < 1.29 is 0 Å². The fourth-order valence-electron chi connectivity index (χ4n) is 2.79. The topological polar surface area (TPSA) is 54.5 Å². The molecule has 1 aliphatic rings. The number of guanidine groups is 1. The average Bonchev–Trinajstić information content (AvgIpc) is 2.95. The van der Waals surface area contributed by atoms with Crippen LogP contribution in [0.5, 0.6) is 0 Å². The van der Waals surface area contributed by atoms with E-state index in [0.29, 0.717) is 0 Å². The first-order valence-electron chi connectivity index (χ1n) is 8.11. The molecule has 0 radical (unpaired) electrons. The minimum atomic E-state index is 0.719. The highest BCUT2D eigenvalue weighted by Crippen LogP contribution is 2.22. The number of fused-ring (bicyclic) bond motifs is 1. The van der Waals surface area contributed by atoms with Gasteiger partial charge in [-0.3, -0.25) is 4.99 Å². The molecule has 1 aromatic carbocycles. The van der Waals surface area contributed by atoms with Crippen LogP contribution in [-0.2, 0) is 6.42 Å². The molecule has 5 heteroatoms. The molecule has 0 spiro atoms. The molecule has 0 amide bonds. The molecule has 118 valence electrons. The Hall–Kier alpha value is -1.62. The molecule has 0 bridgehead atoms. The number of hydrogen-bond acceptors (Lipinski definition) is 3. The lowest BCUT2D eigenvalue weighted by atomic mass is 10.00. The van der Waals surface area contributed by atoms with E-state index in [4.69, 9.17) is 5.73 Å². The van der Waals surface area contributed by atoms with Crippen molar-refractivity contribution in [3.05, 3.63) is 29.3 Å². The Kier molecular flexibility index (Phi) is 4.93.